The number of hydrogen-bond donors (Lipinski definition) is 2. The molecule has 1 amide bonds. The molecule has 5 nitrogen and oxygen atoms in total. The molecule has 0 aliphatic rings. The summed E-state index contributed by atoms with van der Waals surface area (Å²) in [5, 5.41) is 6.48. The lowest BCUT2D eigenvalue weighted by molar-refractivity contribution is 0.102. The summed E-state index contributed by atoms with van der Waals surface area (Å²) in [6, 6.07) is 20.3. The van der Waals surface area contributed by atoms with Crippen molar-refractivity contribution in [3.8, 4) is 0 Å². The fraction of sp³-hybridized carbons (Fsp3) is 0.143. The van der Waals surface area contributed by atoms with Crippen molar-refractivity contribution in [2.24, 2.45) is 0 Å². The first-order chi connectivity index (χ1) is 17.5. The van der Waals surface area contributed by atoms with Gasteiger partial charge in [-0.2, -0.15) is 0 Å². The van der Waals surface area contributed by atoms with Crippen molar-refractivity contribution < 1.29 is 13.6 Å². The number of nitrogens with one attached hydrogen (secondary N) is 2. The molecule has 0 aliphatic carbocycles. The molecule has 36 heavy (non-hydrogen) atoms. The van der Waals surface area contributed by atoms with E-state index in [1.807, 2.05) is 18.3 Å². The fourth-order valence-corrected chi connectivity index (χ4v) is 4.90. The molecule has 0 radical (unpaired) electrons. The average Bonchev–Trinajstić information content (AvgIpc) is 3.52. The molecule has 2 heterocycles. The number of aromatic nitrogens is 2. The Hall–Kier alpha value is -3.88. The maximum atomic E-state index is 13.4. The summed E-state index contributed by atoms with van der Waals surface area (Å²) in [7, 11) is 0. The van der Waals surface area contributed by atoms with Gasteiger partial charge in [0.2, 0.25) is 0 Å². The molecular weight excluding hydrogens is 478 g/mol. The minimum absolute atomic E-state index is 0.263. The monoisotopic (exact) mass is 502 g/mol. The second-order valence-electron chi connectivity index (χ2n) is 8.53. The van der Waals surface area contributed by atoms with E-state index in [4.69, 9.17) is 0 Å². The van der Waals surface area contributed by atoms with Crippen LogP contribution in [-0.2, 0) is 19.5 Å². The van der Waals surface area contributed by atoms with E-state index in [1.165, 1.54) is 58.7 Å². The summed E-state index contributed by atoms with van der Waals surface area (Å²) < 4.78 is 26.6. The van der Waals surface area contributed by atoms with Crippen molar-refractivity contribution in [1.29, 1.82) is 0 Å². The summed E-state index contributed by atoms with van der Waals surface area (Å²) in [6.07, 6.45) is 2.87. The van der Waals surface area contributed by atoms with Gasteiger partial charge in [0.05, 0.1) is 6.54 Å². The number of aromatic amines is 1. The number of rotatable bonds is 9. The van der Waals surface area contributed by atoms with E-state index < -0.39 is 0 Å². The summed E-state index contributed by atoms with van der Waals surface area (Å²) in [5.41, 5.74) is 4.16. The zero-order valence-electron chi connectivity index (χ0n) is 19.4. The summed E-state index contributed by atoms with van der Waals surface area (Å²) in [6.45, 7) is 1.93. The van der Waals surface area contributed by atoms with Crippen LogP contribution in [0.4, 0.5) is 14.5 Å². The summed E-state index contributed by atoms with van der Waals surface area (Å²) in [4.78, 5) is 22.7. The molecular formula is C28H24F2N4OS. The molecule has 0 spiro atoms. The molecule has 2 N–H and O–H groups in total. The van der Waals surface area contributed by atoms with E-state index in [1.54, 1.807) is 17.5 Å². The summed E-state index contributed by atoms with van der Waals surface area (Å²) in [5.74, 6) is -0.966. The first-order valence-electron chi connectivity index (χ1n) is 11.6. The quantitative estimate of drug-likeness (QED) is 0.245. The van der Waals surface area contributed by atoms with Gasteiger partial charge >= 0.3 is 0 Å². The molecule has 2 aromatic heterocycles. The van der Waals surface area contributed by atoms with Crippen LogP contribution in [0.1, 0.15) is 26.6 Å². The highest BCUT2D eigenvalue weighted by atomic mass is 32.1. The number of benzene rings is 3. The van der Waals surface area contributed by atoms with Crippen molar-refractivity contribution in [1.82, 2.24) is 14.9 Å². The van der Waals surface area contributed by atoms with Crippen LogP contribution in [0, 0.1) is 11.6 Å². The van der Waals surface area contributed by atoms with Crippen LogP contribution >= 0.6 is 11.3 Å². The van der Waals surface area contributed by atoms with Crippen LogP contribution in [0.3, 0.4) is 0 Å². The lowest BCUT2D eigenvalue weighted by atomic mass is 10.1. The zero-order valence-corrected chi connectivity index (χ0v) is 20.2. The fourth-order valence-electron chi connectivity index (χ4n) is 4.09. The van der Waals surface area contributed by atoms with Gasteiger partial charge in [-0.25, -0.2) is 13.8 Å². The predicted octanol–water partition coefficient (Wildman–Crippen LogP) is 6.40. The van der Waals surface area contributed by atoms with Gasteiger partial charge in [-0.1, -0.05) is 30.3 Å². The van der Waals surface area contributed by atoms with E-state index >= 15 is 0 Å². The van der Waals surface area contributed by atoms with E-state index in [2.05, 4.69) is 32.3 Å². The lowest BCUT2D eigenvalue weighted by Gasteiger charge is -2.21. The number of carbonyl (C=O) groups is 1. The second-order valence-corrected chi connectivity index (χ2v) is 9.48. The number of thiazole rings is 1. The number of H-pyrrole nitrogens is 1. The predicted molar refractivity (Wildman–Crippen MR) is 139 cm³/mol. The van der Waals surface area contributed by atoms with Crippen LogP contribution in [0.2, 0.25) is 0 Å². The molecule has 0 unspecified atom stereocenters. The van der Waals surface area contributed by atoms with Crippen molar-refractivity contribution in [2.75, 3.05) is 11.9 Å². The maximum absolute atomic E-state index is 13.4. The Morgan fingerprint density at radius 2 is 1.67 bits per heavy atom. The van der Waals surface area contributed by atoms with Crippen molar-refractivity contribution >= 4 is 33.8 Å². The highest BCUT2D eigenvalue weighted by Crippen LogP contribution is 2.21. The maximum Gasteiger partial charge on any atom is 0.275 e. The molecule has 5 rings (SSSR count). The minimum atomic E-state index is -0.363. The largest absolute Gasteiger partial charge is 0.361 e. The molecule has 3 aromatic carbocycles. The van der Waals surface area contributed by atoms with Crippen LogP contribution in [0.25, 0.3) is 10.9 Å². The molecule has 0 saturated heterocycles. The smallest absolute Gasteiger partial charge is 0.275 e. The van der Waals surface area contributed by atoms with Gasteiger partial charge in [-0.3, -0.25) is 9.69 Å². The Kier molecular flexibility index (Phi) is 7.16. The molecule has 0 aliphatic heterocycles. The number of fused-ring (bicyclic) bond motifs is 1. The number of para-hydroxylation sites is 1. The van der Waals surface area contributed by atoms with Crippen molar-refractivity contribution in [2.45, 2.75) is 19.5 Å². The lowest BCUT2D eigenvalue weighted by Crippen LogP contribution is -2.25. The first-order valence-corrected chi connectivity index (χ1v) is 12.4. The molecule has 0 bridgehead atoms. The number of halogens is 2. The van der Waals surface area contributed by atoms with Crippen molar-refractivity contribution in [3.63, 3.8) is 0 Å². The zero-order chi connectivity index (χ0) is 24.9. The van der Waals surface area contributed by atoms with Crippen molar-refractivity contribution in [3.05, 3.63) is 118 Å². The normalized spacial score (nSPS) is 11.3. The molecule has 0 atom stereocenters. The van der Waals surface area contributed by atoms with E-state index in [0.717, 1.165) is 29.1 Å². The van der Waals surface area contributed by atoms with Gasteiger partial charge in [0.15, 0.2) is 0 Å². The van der Waals surface area contributed by atoms with Gasteiger partial charge in [0, 0.05) is 41.3 Å². The third kappa shape index (κ3) is 5.84. The highest BCUT2D eigenvalue weighted by molar-refractivity contribution is 7.09. The molecule has 8 heteroatoms. The standard InChI is InChI=1S/C28H24F2N4OS/c29-21-7-5-19(6-8-21)16-34(14-13-20-15-31-25-4-2-1-3-24(20)25)17-27-33-26(18-36-27)28(35)32-23-11-9-22(30)10-12-23/h1-12,15,18,31H,13-14,16-17H2,(H,32,35). The van der Waals surface area contributed by atoms with Gasteiger partial charge in [0.1, 0.15) is 22.3 Å². The van der Waals surface area contributed by atoms with Crippen LogP contribution in [0.15, 0.2) is 84.4 Å². The van der Waals surface area contributed by atoms with Gasteiger partial charge in [-0.15, -0.1) is 11.3 Å². The van der Waals surface area contributed by atoms with E-state index in [0.29, 0.717) is 24.5 Å². The minimum Gasteiger partial charge on any atom is -0.361 e. The highest BCUT2D eigenvalue weighted by Gasteiger charge is 2.15. The molecule has 0 saturated carbocycles. The molecule has 5 aromatic rings. The second kappa shape index (κ2) is 10.8. The van der Waals surface area contributed by atoms with Crippen LogP contribution in [-0.4, -0.2) is 27.3 Å². The number of carbonyl (C=O) groups excluding carboxylic acids is 1. The Labute approximate surface area is 211 Å². The Bertz CT molecular complexity index is 1460. The summed E-state index contributed by atoms with van der Waals surface area (Å²) >= 11 is 1.42. The van der Waals surface area contributed by atoms with Crippen LogP contribution < -0.4 is 5.32 Å². The number of amides is 1. The first kappa shape index (κ1) is 23.8. The third-order valence-electron chi connectivity index (χ3n) is 5.94. The van der Waals surface area contributed by atoms with Crippen LogP contribution in [0.5, 0.6) is 0 Å². The topological polar surface area (TPSA) is 61.0 Å². The Morgan fingerprint density at radius 3 is 2.44 bits per heavy atom. The third-order valence-corrected chi connectivity index (χ3v) is 6.77. The van der Waals surface area contributed by atoms with Gasteiger partial charge < -0.3 is 10.3 Å². The molecule has 0 fully saturated rings. The Balaban J connectivity index is 1.29. The van der Waals surface area contributed by atoms with Gasteiger partial charge in [0.25, 0.3) is 5.91 Å². The number of hydrogen-bond acceptors (Lipinski definition) is 4. The molecule has 182 valence electrons. The van der Waals surface area contributed by atoms with Gasteiger partial charge in [-0.05, 0) is 60.0 Å². The Morgan fingerprint density at radius 1 is 0.944 bits per heavy atom. The average molecular weight is 503 g/mol. The number of nitrogens with zero attached hydrogens (tertiary/aromatic N) is 2. The SMILES string of the molecule is O=C(Nc1ccc(F)cc1)c1csc(CN(CCc2c[nH]c3ccccc23)Cc2ccc(F)cc2)n1. The van der Waals surface area contributed by atoms with E-state index in [-0.39, 0.29) is 17.5 Å². The number of anilines is 1. The van der Waals surface area contributed by atoms with E-state index in [9.17, 15) is 13.6 Å².